The Morgan fingerprint density at radius 3 is 2.71 bits per heavy atom. The van der Waals surface area contributed by atoms with E-state index in [1.54, 1.807) is 6.20 Å². The van der Waals surface area contributed by atoms with Crippen LogP contribution in [0.5, 0.6) is 0 Å². The van der Waals surface area contributed by atoms with Gasteiger partial charge in [-0.1, -0.05) is 30.9 Å². The summed E-state index contributed by atoms with van der Waals surface area (Å²) >= 11 is 0. The number of likely N-dealkylation sites (tertiary alicyclic amines) is 1. The van der Waals surface area contributed by atoms with Gasteiger partial charge in [-0.05, 0) is 42.7 Å². The Labute approximate surface area is 166 Å². The average Bonchev–Trinajstić information content (AvgIpc) is 3.41. The Morgan fingerprint density at radius 1 is 1.25 bits per heavy atom. The van der Waals surface area contributed by atoms with Gasteiger partial charge in [0.1, 0.15) is 0 Å². The molecule has 1 aromatic heterocycles. The first-order valence-electron chi connectivity index (χ1n) is 9.90. The fraction of sp³-hybridized carbons (Fsp3) is 0.364. The number of amides is 1. The van der Waals surface area contributed by atoms with Crippen LogP contribution in [0, 0.1) is 0 Å². The quantitative estimate of drug-likeness (QED) is 0.620. The van der Waals surface area contributed by atoms with E-state index in [9.17, 15) is 4.79 Å². The highest BCUT2D eigenvalue weighted by Crippen LogP contribution is 2.18. The molecule has 6 nitrogen and oxygen atoms in total. The van der Waals surface area contributed by atoms with E-state index in [1.165, 1.54) is 11.6 Å². The number of hydrogen-bond acceptors (Lipinski definition) is 4. The molecule has 0 spiro atoms. The van der Waals surface area contributed by atoms with Crippen molar-refractivity contribution in [2.45, 2.75) is 31.6 Å². The summed E-state index contributed by atoms with van der Waals surface area (Å²) in [6.45, 7) is 7.03. The maximum atomic E-state index is 11.7. The summed E-state index contributed by atoms with van der Waals surface area (Å²) in [5.41, 5.74) is 2.36. The van der Waals surface area contributed by atoms with Crippen LogP contribution in [0.15, 0.2) is 67.5 Å². The van der Waals surface area contributed by atoms with Crippen molar-refractivity contribution in [3.8, 4) is 5.69 Å². The minimum absolute atomic E-state index is 0.0411. The maximum Gasteiger partial charge on any atom is 0.245 e. The molecule has 1 aromatic carbocycles. The largest absolute Gasteiger partial charge is 0.339 e. The summed E-state index contributed by atoms with van der Waals surface area (Å²) in [5, 5.41) is 8.04. The van der Waals surface area contributed by atoms with Gasteiger partial charge in [0.25, 0.3) is 0 Å². The van der Waals surface area contributed by atoms with Crippen molar-refractivity contribution in [3.63, 3.8) is 0 Å². The Hall–Kier alpha value is -2.70. The lowest BCUT2D eigenvalue weighted by Gasteiger charge is -2.35. The predicted molar refractivity (Wildman–Crippen MR) is 110 cm³/mol. The van der Waals surface area contributed by atoms with Crippen LogP contribution in [-0.4, -0.2) is 57.3 Å². The van der Waals surface area contributed by atoms with Gasteiger partial charge in [-0.25, -0.2) is 4.68 Å². The normalized spacial score (nSPS) is 20.6. The van der Waals surface area contributed by atoms with Gasteiger partial charge in [0, 0.05) is 44.6 Å². The fourth-order valence-electron chi connectivity index (χ4n) is 3.93. The van der Waals surface area contributed by atoms with E-state index in [2.05, 4.69) is 58.3 Å². The van der Waals surface area contributed by atoms with E-state index in [0.717, 1.165) is 44.7 Å². The third kappa shape index (κ3) is 4.24. The van der Waals surface area contributed by atoms with Gasteiger partial charge in [-0.3, -0.25) is 15.0 Å². The van der Waals surface area contributed by atoms with Crippen LogP contribution in [-0.2, 0) is 11.3 Å². The maximum absolute atomic E-state index is 11.7. The van der Waals surface area contributed by atoms with Crippen LogP contribution >= 0.6 is 0 Å². The standard InChI is InChI=1S/C22H27N5O/c1-2-22(28)25-15-10-19(11-16-25)24-21-5-3-13-26(21)17-18-6-8-20(9-7-18)27-14-4-12-23-27/h2-9,12,14,19,21,24H,1,10-11,13,15-17H2. The number of benzene rings is 1. The van der Waals surface area contributed by atoms with E-state index in [4.69, 9.17) is 0 Å². The van der Waals surface area contributed by atoms with Crippen LogP contribution in [0.2, 0.25) is 0 Å². The van der Waals surface area contributed by atoms with Gasteiger partial charge >= 0.3 is 0 Å². The number of carbonyl (C=O) groups is 1. The summed E-state index contributed by atoms with van der Waals surface area (Å²) in [5.74, 6) is 0.0411. The predicted octanol–water partition coefficient (Wildman–Crippen LogP) is 2.34. The second-order valence-electron chi connectivity index (χ2n) is 7.39. The van der Waals surface area contributed by atoms with Crippen molar-refractivity contribution in [1.82, 2.24) is 24.9 Å². The van der Waals surface area contributed by atoms with E-state index < -0.39 is 0 Å². The van der Waals surface area contributed by atoms with Crippen molar-refractivity contribution in [2.75, 3.05) is 19.6 Å². The molecule has 1 atom stereocenters. The molecule has 2 aromatic rings. The summed E-state index contributed by atoms with van der Waals surface area (Å²) in [6.07, 6.45) is 11.8. The number of nitrogens with zero attached hydrogens (tertiary/aromatic N) is 4. The molecule has 0 radical (unpaired) electrons. The Morgan fingerprint density at radius 2 is 2.04 bits per heavy atom. The Balaban J connectivity index is 1.31. The molecule has 1 N–H and O–H groups in total. The highest BCUT2D eigenvalue weighted by atomic mass is 16.2. The topological polar surface area (TPSA) is 53.4 Å². The Bertz CT molecular complexity index is 819. The molecule has 1 amide bonds. The highest BCUT2D eigenvalue weighted by Gasteiger charge is 2.26. The van der Waals surface area contributed by atoms with Gasteiger partial charge in [-0.2, -0.15) is 5.10 Å². The first kappa shape index (κ1) is 18.7. The van der Waals surface area contributed by atoms with Crippen LogP contribution < -0.4 is 5.32 Å². The average molecular weight is 377 g/mol. The van der Waals surface area contributed by atoms with Crippen molar-refractivity contribution in [3.05, 3.63) is 73.1 Å². The van der Waals surface area contributed by atoms with Crippen molar-refractivity contribution in [1.29, 1.82) is 0 Å². The lowest BCUT2D eigenvalue weighted by atomic mass is 10.0. The molecule has 2 aliphatic heterocycles. The van der Waals surface area contributed by atoms with Crippen LogP contribution in [0.25, 0.3) is 5.69 Å². The molecule has 1 fully saturated rings. The molecular formula is C22H27N5O. The zero-order valence-electron chi connectivity index (χ0n) is 16.1. The van der Waals surface area contributed by atoms with Crippen molar-refractivity contribution in [2.24, 2.45) is 0 Å². The third-order valence-electron chi connectivity index (χ3n) is 5.53. The first-order chi connectivity index (χ1) is 13.7. The number of aromatic nitrogens is 2. The zero-order chi connectivity index (χ0) is 19.3. The van der Waals surface area contributed by atoms with Crippen LogP contribution in [0.3, 0.4) is 0 Å². The second-order valence-corrected chi connectivity index (χ2v) is 7.39. The van der Waals surface area contributed by atoms with E-state index in [0.29, 0.717) is 6.04 Å². The second kappa shape index (κ2) is 8.54. The highest BCUT2D eigenvalue weighted by molar-refractivity contribution is 5.87. The minimum atomic E-state index is 0.0411. The first-order valence-corrected chi connectivity index (χ1v) is 9.90. The number of piperidine rings is 1. The van der Waals surface area contributed by atoms with Crippen LogP contribution in [0.4, 0.5) is 0 Å². The van der Waals surface area contributed by atoms with E-state index in [1.807, 2.05) is 21.8 Å². The SMILES string of the molecule is C=CC(=O)N1CCC(NC2C=CCN2Cc2ccc(-n3cccn3)cc2)CC1. The number of carbonyl (C=O) groups excluding carboxylic acids is 1. The summed E-state index contributed by atoms with van der Waals surface area (Å²) in [6, 6.07) is 10.9. The molecule has 1 unspecified atom stereocenters. The van der Waals surface area contributed by atoms with Crippen LogP contribution in [0.1, 0.15) is 18.4 Å². The number of rotatable bonds is 6. The number of nitrogens with one attached hydrogen (secondary N) is 1. The minimum Gasteiger partial charge on any atom is -0.339 e. The van der Waals surface area contributed by atoms with E-state index >= 15 is 0 Å². The van der Waals surface area contributed by atoms with Gasteiger partial charge in [0.15, 0.2) is 0 Å². The smallest absolute Gasteiger partial charge is 0.245 e. The van der Waals surface area contributed by atoms with Gasteiger partial charge in [0.05, 0.1) is 11.9 Å². The molecule has 28 heavy (non-hydrogen) atoms. The molecule has 0 saturated carbocycles. The molecule has 4 rings (SSSR count). The molecule has 0 aliphatic carbocycles. The van der Waals surface area contributed by atoms with Crippen molar-refractivity contribution < 1.29 is 4.79 Å². The van der Waals surface area contributed by atoms with E-state index in [-0.39, 0.29) is 12.1 Å². The molecule has 1 saturated heterocycles. The number of hydrogen-bond donors (Lipinski definition) is 1. The van der Waals surface area contributed by atoms with Gasteiger partial charge in [-0.15, -0.1) is 0 Å². The summed E-state index contributed by atoms with van der Waals surface area (Å²) in [4.78, 5) is 16.1. The molecule has 2 aliphatic rings. The monoisotopic (exact) mass is 377 g/mol. The fourth-order valence-corrected chi connectivity index (χ4v) is 3.93. The van der Waals surface area contributed by atoms with Gasteiger partial charge in [0.2, 0.25) is 5.91 Å². The molecule has 3 heterocycles. The Kier molecular flexibility index (Phi) is 5.69. The molecule has 6 heteroatoms. The van der Waals surface area contributed by atoms with Gasteiger partial charge < -0.3 is 4.90 Å². The molecule has 146 valence electrons. The summed E-state index contributed by atoms with van der Waals surface area (Å²) < 4.78 is 1.87. The lowest BCUT2D eigenvalue weighted by molar-refractivity contribution is -0.127. The zero-order valence-corrected chi connectivity index (χ0v) is 16.1. The molecular weight excluding hydrogens is 350 g/mol. The summed E-state index contributed by atoms with van der Waals surface area (Å²) in [7, 11) is 0. The third-order valence-corrected chi connectivity index (χ3v) is 5.53. The van der Waals surface area contributed by atoms with Crippen molar-refractivity contribution >= 4 is 5.91 Å². The molecule has 0 bridgehead atoms. The lowest BCUT2D eigenvalue weighted by Crippen LogP contribution is -2.50.